The minimum Gasteiger partial charge on any atom is -0.374 e. The predicted molar refractivity (Wildman–Crippen MR) is 48.7 cm³/mol. The summed E-state index contributed by atoms with van der Waals surface area (Å²) < 4.78 is 1.99. The fourth-order valence-corrected chi connectivity index (χ4v) is 1.70. The summed E-state index contributed by atoms with van der Waals surface area (Å²) >= 11 is 1.39. The molecule has 0 aliphatic heterocycles. The number of rotatable bonds is 1. The SMILES string of the molecule is Cn1cccc1-c1nnc(N)s1. The quantitative estimate of drug-likeness (QED) is 0.715. The maximum atomic E-state index is 5.47. The van der Waals surface area contributed by atoms with Gasteiger partial charge in [0, 0.05) is 13.2 Å². The lowest BCUT2D eigenvalue weighted by atomic mass is 10.4. The smallest absolute Gasteiger partial charge is 0.203 e. The van der Waals surface area contributed by atoms with E-state index in [-0.39, 0.29) is 0 Å². The molecule has 0 atom stereocenters. The number of hydrogen-bond acceptors (Lipinski definition) is 4. The normalized spacial score (nSPS) is 10.4. The van der Waals surface area contributed by atoms with Gasteiger partial charge < -0.3 is 10.3 Å². The lowest BCUT2D eigenvalue weighted by Gasteiger charge is -1.95. The first-order chi connectivity index (χ1) is 5.77. The molecule has 0 amide bonds. The van der Waals surface area contributed by atoms with Crippen LogP contribution in [0.5, 0.6) is 0 Å². The van der Waals surface area contributed by atoms with Gasteiger partial charge in [0.2, 0.25) is 5.13 Å². The van der Waals surface area contributed by atoms with Gasteiger partial charge in [-0.15, -0.1) is 10.2 Å². The zero-order valence-electron chi connectivity index (χ0n) is 6.56. The van der Waals surface area contributed by atoms with Gasteiger partial charge in [-0.3, -0.25) is 0 Å². The summed E-state index contributed by atoms with van der Waals surface area (Å²) in [5, 5.41) is 9.06. The van der Waals surface area contributed by atoms with Crippen molar-refractivity contribution < 1.29 is 0 Å². The van der Waals surface area contributed by atoms with Crippen molar-refractivity contribution in [1.29, 1.82) is 0 Å². The second kappa shape index (κ2) is 2.60. The Morgan fingerprint density at radius 2 is 2.33 bits per heavy atom. The summed E-state index contributed by atoms with van der Waals surface area (Å²) in [4.78, 5) is 0. The molecule has 0 saturated carbocycles. The van der Waals surface area contributed by atoms with Crippen molar-refractivity contribution in [3.63, 3.8) is 0 Å². The summed E-state index contributed by atoms with van der Waals surface area (Å²) in [5.74, 6) is 0. The van der Waals surface area contributed by atoms with Crippen LogP contribution in [0, 0.1) is 0 Å². The molecule has 2 N–H and O–H groups in total. The summed E-state index contributed by atoms with van der Waals surface area (Å²) in [6.07, 6.45) is 1.97. The van der Waals surface area contributed by atoms with E-state index in [1.165, 1.54) is 11.3 Å². The minimum atomic E-state index is 0.506. The molecule has 12 heavy (non-hydrogen) atoms. The third-order valence-corrected chi connectivity index (χ3v) is 2.38. The number of nitrogens with two attached hydrogens (primary N) is 1. The molecule has 0 bridgehead atoms. The Morgan fingerprint density at radius 1 is 1.50 bits per heavy atom. The summed E-state index contributed by atoms with van der Waals surface area (Å²) in [6.45, 7) is 0. The molecule has 0 aliphatic carbocycles. The van der Waals surface area contributed by atoms with Gasteiger partial charge in [0.25, 0.3) is 0 Å². The van der Waals surface area contributed by atoms with E-state index in [0.29, 0.717) is 5.13 Å². The molecule has 2 rings (SSSR count). The van der Waals surface area contributed by atoms with E-state index in [1.807, 2.05) is 29.9 Å². The molecule has 62 valence electrons. The molecule has 0 saturated heterocycles. The molecule has 0 spiro atoms. The fourth-order valence-electron chi connectivity index (χ4n) is 1.02. The van der Waals surface area contributed by atoms with Crippen LogP contribution in [-0.4, -0.2) is 14.8 Å². The molecule has 0 unspecified atom stereocenters. The van der Waals surface area contributed by atoms with Gasteiger partial charge in [-0.2, -0.15) is 0 Å². The van der Waals surface area contributed by atoms with E-state index in [2.05, 4.69) is 10.2 Å². The first-order valence-corrected chi connectivity index (χ1v) is 4.29. The van der Waals surface area contributed by atoms with Crippen LogP contribution >= 0.6 is 11.3 Å². The van der Waals surface area contributed by atoms with Gasteiger partial charge in [0.1, 0.15) is 0 Å². The summed E-state index contributed by atoms with van der Waals surface area (Å²) in [6, 6.07) is 3.95. The Bertz CT molecular complexity index is 390. The van der Waals surface area contributed by atoms with Gasteiger partial charge in [-0.05, 0) is 12.1 Å². The van der Waals surface area contributed by atoms with Crippen molar-refractivity contribution in [1.82, 2.24) is 14.8 Å². The van der Waals surface area contributed by atoms with Gasteiger partial charge in [-0.1, -0.05) is 11.3 Å². The van der Waals surface area contributed by atoms with Crippen LogP contribution in [0.2, 0.25) is 0 Å². The third-order valence-electron chi connectivity index (χ3n) is 1.60. The van der Waals surface area contributed by atoms with Crippen molar-refractivity contribution >= 4 is 16.5 Å². The number of aryl methyl sites for hydroxylation is 1. The molecule has 5 heteroatoms. The molecule has 2 heterocycles. The third kappa shape index (κ3) is 1.08. The van der Waals surface area contributed by atoms with Gasteiger partial charge in [0.05, 0.1) is 5.69 Å². The molecule has 2 aromatic heterocycles. The van der Waals surface area contributed by atoms with Crippen LogP contribution in [-0.2, 0) is 7.05 Å². The molecular weight excluding hydrogens is 172 g/mol. The first kappa shape index (κ1) is 7.30. The summed E-state index contributed by atoms with van der Waals surface area (Å²) in [5.41, 5.74) is 6.52. The number of hydrogen-bond donors (Lipinski definition) is 1. The number of anilines is 1. The lowest BCUT2D eigenvalue weighted by Crippen LogP contribution is -1.87. The molecule has 0 aliphatic rings. The van der Waals surface area contributed by atoms with Crippen molar-refractivity contribution in [2.75, 3.05) is 5.73 Å². The van der Waals surface area contributed by atoms with Crippen LogP contribution in [0.15, 0.2) is 18.3 Å². The Morgan fingerprint density at radius 3 is 2.83 bits per heavy atom. The monoisotopic (exact) mass is 180 g/mol. The molecule has 2 aromatic rings. The zero-order valence-corrected chi connectivity index (χ0v) is 7.38. The first-order valence-electron chi connectivity index (χ1n) is 3.48. The fraction of sp³-hybridized carbons (Fsp3) is 0.143. The van der Waals surface area contributed by atoms with E-state index in [9.17, 15) is 0 Å². The van der Waals surface area contributed by atoms with Gasteiger partial charge in [0.15, 0.2) is 5.01 Å². The topological polar surface area (TPSA) is 56.7 Å². The average Bonchev–Trinajstić information content (AvgIpc) is 2.58. The molecular formula is C7H8N4S. The number of aromatic nitrogens is 3. The highest BCUT2D eigenvalue weighted by atomic mass is 32.1. The minimum absolute atomic E-state index is 0.506. The van der Waals surface area contributed by atoms with Crippen LogP contribution in [0.25, 0.3) is 10.7 Å². The van der Waals surface area contributed by atoms with Crippen LogP contribution in [0.1, 0.15) is 0 Å². The molecule has 0 radical (unpaired) electrons. The van der Waals surface area contributed by atoms with E-state index in [1.54, 1.807) is 0 Å². The van der Waals surface area contributed by atoms with Gasteiger partial charge >= 0.3 is 0 Å². The van der Waals surface area contributed by atoms with E-state index >= 15 is 0 Å². The van der Waals surface area contributed by atoms with Crippen molar-refractivity contribution in [3.05, 3.63) is 18.3 Å². The number of nitrogen functional groups attached to an aromatic ring is 1. The van der Waals surface area contributed by atoms with E-state index < -0.39 is 0 Å². The van der Waals surface area contributed by atoms with Crippen molar-refractivity contribution in [2.45, 2.75) is 0 Å². The second-order valence-electron chi connectivity index (χ2n) is 2.45. The van der Waals surface area contributed by atoms with Crippen LogP contribution in [0.3, 0.4) is 0 Å². The van der Waals surface area contributed by atoms with Crippen molar-refractivity contribution in [3.8, 4) is 10.7 Å². The van der Waals surface area contributed by atoms with Gasteiger partial charge in [-0.25, -0.2) is 0 Å². The highest BCUT2D eigenvalue weighted by molar-refractivity contribution is 7.18. The zero-order chi connectivity index (χ0) is 8.55. The van der Waals surface area contributed by atoms with Crippen LogP contribution in [0.4, 0.5) is 5.13 Å². The highest BCUT2D eigenvalue weighted by Crippen LogP contribution is 2.23. The molecule has 4 nitrogen and oxygen atoms in total. The lowest BCUT2D eigenvalue weighted by molar-refractivity contribution is 0.929. The van der Waals surface area contributed by atoms with Crippen molar-refractivity contribution in [2.24, 2.45) is 7.05 Å². The Balaban J connectivity index is 2.50. The molecule has 0 aromatic carbocycles. The Labute approximate surface area is 73.7 Å². The standard InChI is InChI=1S/C7H8N4S/c1-11-4-2-3-5(11)6-9-10-7(8)12-6/h2-4H,1H3,(H2,8,10). The highest BCUT2D eigenvalue weighted by Gasteiger charge is 2.05. The maximum absolute atomic E-state index is 5.47. The average molecular weight is 180 g/mol. The predicted octanol–water partition coefficient (Wildman–Crippen LogP) is 1.13. The van der Waals surface area contributed by atoms with E-state index in [0.717, 1.165) is 10.7 Å². The number of nitrogens with zero attached hydrogens (tertiary/aromatic N) is 3. The van der Waals surface area contributed by atoms with Crippen LogP contribution < -0.4 is 5.73 Å². The summed E-state index contributed by atoms with van der Waals surface area (Å²) in [7, 11) is 1.97. The Kier molecular flexibility index (Phi) is 1.58. The largest absolute Gasteiger partial charge is 0.374 e. The van der Waals surface area contributed by atoms with E-state index in [4.69, 9.17) is 5.73 Å². The Hall–Kier alpha value is -1.36. The second-order valence-corrected chi connectivity index (χ2v) is 3.46. The maximum Gasteiger partial charge on any atom is 0.203 e. The molecule has 0 fully saturated rings.